The fraction of sp³-hybridized carbons (Fsp3) is 0.440. The summed E-state index contributed by atoms with van der Waals surface area (Å²) in [4.78, 5) is 17.9. The van der Waals surface area contributed by atoms with Crippen LogP contribution in [0.4, 0.5) is 4.79 Å². The summed E-state index contributed by atoms with van der Waals surface area (Å²) in [5.74, 6) is 0.671. The van der Waals surface area contributed by atoms with Crippen molar-refractivity contribution in [2.45, 2.75) is 59.0 Å². The van der Waals surface area contributed by atoms with Crippen molar-refractivity contribution in [2.24, 2.45) is 5.92 Å². The number of nitriles is 1. The van der Waals surface area contributed by atoms with Gasteiger partial charge in [0.05, 0.1) is 23.0 Å². The van der Waals surface area contributed by atoms with Gasteiger partial charge in [-0.3, -0.25) is 4.90 Å². The third kappa shape index (κ3) is 5.08. The van der Waals surface area contributed by atoms with Crippen molar-refractivity contribution >= 4 is 11.7 Å². The van der Waals surface area contributed by atoms with Crippen LogP contribution in [0.25, 0.3) is 16.9 Å². The quantitative estimate of drug-likeness (QED) is 0.530. The molecule has 0 saturated carbocycles. The van der Waals surface area contributed by atoms with E-state index in [2.05, 4.69) is 30.0 Å². The maximum absolute atomic E-state index is 12.2. The van der Waals surface area contributed by atoms with Gasteiger partial charge in [-0.05, 0) is 64.3 Å². The molecule has 0 spiro atoms. The molecule has 0 aliphatic carbocycles. The Balaban J connectivity index is 1.94. The molecule has 174 valence electrons. The standard InChI is InChI=1S/C25H31N5O3/c1-17(2)14-25(6,30(23(31)32)24(3,4)5)16-33-21-8-7-18(13-19(21)15-26)20-9-11-27-22-10-12-28-29(20)22/h7-13,17H,14,16H2,1-6H3,(H,31,32). The molecular weight excluding hydrogens is 418 g/mol. The van der Waals surface area contributed by atoms with Crippen molar-refractivity contribution in [3.05, 3.63) is 48.3 Å². The second-order valence-electron chi connectivity index (χ2n) is 9.93. The van der Waals surface area contributed by atoms with Gasteiger partial charge in [-0.2, -0.15) is 10.4 Å². The summed E-state index contributed by atoms with van der Waals surface area (Å²) in [5.41, 5.74) is 1.30. The Morgan fingerprint density at radius 2 is 1.94 bits per heavy atom. The van der Waals surface area contributed by atoms with Gasteiger partial charge in [-0.15, -0.1) is 0 Å². The van der Waals surface area contributed by atoms with Gasteiger partial charge in [-0.1, -0.05) is 13.8 Å². The molecule has 1 unspecified atom stereocenters. The lowest BCUT2D eigenvalue weighted by Crippen LogP contribution is -2.61. The van der Waals surface area contributed by atoms with E-state index in [9.17, 15) is 15.2 Å². The summed E-state index contributed by atoms with van der Waals surface area (Å²) >= 11 is 0. The van der Waals surface area contributed by atoms with Crippen LogP contribution in [-0.4, -0.2) is 48.4 Å². The highest BCUT2D eigenvalue weighted by atomic mass is 16.5. The van der Waals surface area contributed by atoms with Crippen LogP contribution in [0, 0.1) is 17.2 Å². The van der Waals surface area contributed by atoms with Crippen molar-refractivity contribution in [1.29, 1.82) is 5.26 Å². The predicted octanol–water partition coefficient (Wildman–Crippen LogP) is 5.23. The molecule has 0 radical (unpaired) electrons. The van der Waals surface area contributed by atoms with E-state index in [1.54, 1.807) is 29.0 Å². The van der Waals surface area contributed by atoms with E-state index < -0.39 is 17.2 Å². The maximum atomic E-state index is 12.2. The van der Waals surface area contributed by atoms with Crippen molar-refractivity contribution in [2.75, 3.05) is 6.61 Å². The number of hydrogen-bond donors (Lipinski definition) is 1. The monoisotopic (exact) mass is 449 g/mol. The minimum atomic E-state index is -0.994. The van der Waals surface area contributed by atoms with E-state index in [0.29, 0.717) is 23.4 Å². The first-order valence-corrected chi connectivity index (χ1v) is 11.0. The van der Waals surface area contributed by atoms with Gasteiger partial charge >= 0.3 is 6.09 Å². The summed E-state index contributed by atoms with van der Waals surface area (Å²) in [6, 6.07) is 11.2. The zero-order valence-electron chi connectivity index (χ0n) is 20.0. The van der Waals surface area contributed by atoms with Crippen LogP contribution in [-0.2, 0) is 0 Å². The van der Waals surface area contributed by atoms with Crippen LogP contribution >= 0.6 is 0 Å². The fourth-order valence-corrected chi connectivity index (χ4v) is 4.61. The summed E-state index contributed by atoms with van der Waals surface area (Å²) in [7, 11) is 0. The lowest BCUT2D eigenvalue weighted by atomic mass is 9.86. The molecule has 0 aliphatic rings. The number of rotatable bonds is 7. The Morgan fingerprint density at radius 3 is 2.55 bits per heavy atom. The summed E-state index contributed by atoms with van der Waals surface area (Å²) in [6.07, 6.45) is 3.00. The topological polar surface area (TPSA) is 104 Å². The molecule has 2 heterocycles. The Bertz CT molecular complexity index is 1190. The zero-order chi connectivity index (χ0) is 24.4. The molecule has 1 aromatic carbocycles. The molecule has 1 amide bonds. The normalized spacial score (nSPS) is 13.5. The van der Waals surface area contributed by atoms with E-state index in [0.717, 1.165) is 11.3 Å². The molecule has 1 atom stereocenters. The van der Waals surface area contributed by atoms with Gasteiger partial charge in [0.2, 0.25) is 0 Å². The van der Waals surface area contributed by atoms with E-state index in [-0.39, 0.29) is 12.5 Å². The fourth-order valence-electron chi connectivity index (χ4n) is 4.61. The van der Waals surface area contributed by atoms with Crippen molar-refractivity contribution < 1.29 is 14.6 Å². The van der Waals surface area contributed by atoms with Gasteiger partial charge in [0.1, 0.15) is 18.4 Å². The number of aromatic nitrogens is 3. The number of benzene rings is 1. The van der Waals surface area contributed by atoms with Crippen LogP contribution in [0.1, 0.15) is 53.5 Å². The van der Waals surface area contributed by atoms with E-state index in [4.69, 9.17) is 4.74 Å². The SMILES string of the molecule is CC(C)CC(C)(COc1ccc(-c2ccnc3ccnn23)cc1C#N)N(C(=O)O)C(C)(C)C. The molecule has 2 aromatic heterocycles. The third-order valence-electron chi connectivity index (χ3n) is 5.47. The number of hydrogen-bond acceptors (Lipinski definition) is 5. The lowest BCUT2D eigenvalue weighted by Gasteiger charge is -2.47. The minimum Gasteiger partial charge on any atom is -0.490 e. The molecule has 0 aliphatic heterocycles. The number of ether oxygens (including phenoxy) is 1. The van der Waals surface area contributed by atoms with Crippen LogP contribution < -0.4 is 4.74 Å². The first-order chi connectivity index (χ1) is 15.5. The highest BCUT2D eigenvalue weighted by Gasteiger charge is 2.43. The zero-order valence-corrected chi connectivity index (χ0v) is 20.0. The molecule has 1 N–H and O–H groups in total. The van der Waals surface area contributed by atoms with Gasteiger partial charge in [0.15, 0.2) is 5.65 Å². The van der Waals surface area contributed by atoms with E-state index in [1.807, 2.05) is 45.9 Å². The van der Waals surface area contributed by atoms with E-state index in [1.165, 1.54) is 4.90 Å². The molecule has 33 heavy (non-hydrogen) atoms. The Hall–Kier alpha value is -3.60. The molecule has 3 aromatic rings. The number of nitrogens with zero attached hydrogens (tertiary/aromatic N) is 5. The first-order valence-electron chi connectivity index (χ1n) is 11.0. The molecule has 3 rings (SSSR count). The Labute approximate surface area is 194 Å². The summed E-state index contributed by atoms with van der Waals surface area (Å²) in [6.45, 7) is 11.8. The second kappa shape index (κ2) is 9.10. The molecule has 0 fully saturated rings. The van der Waals surface area contributed by atoms with Gasteiger partial charge in [0.25, 0.3) is 0 Å². The van der Waals surface area contributed by atoms with Gasteiger partial charge < -0.3 is 9.84 Å². The van der Waals surface area contributed by atoms with E-state index >= 15 is 0 Å². The Kier molecular flexibility index (Phi) is 6.63. The molecular formula is C25H31N5O3. The van der Waals surface area contributed by atoms with Crippen LogP contribution in [0.15, 0.2) is 42.7 Å². The first kappa shape index (κ1) is 24.1. The smallest absolute Gasteiger partial charge is 0.408 e. The number of carboxylic acid groups (broad SMARTS) is 1. The minimum absolute atomic E-state index is 0.126. The summed E-state index contributed by atoms with van der Waals surface area (Å²) in [5, 5.41) is 24.1. The second-order valence-corrected chi connectivity index (χ2v) is 9.93. The number of carbonyl (C=O) groups is 1. The Morgan fingerprint density at radius 1 is 1.21 bits per heavy atom. The molecule has 0 bridgehead atoms. The highest BCUT2D eigenvalue weighted by molar-refractivity contribution is 5.68. The van der Waals surface area contributed by atoms with Crippen LogP contribution in [0.5, 0.6) is 5.75 Å². The third-order valence-corrected chi connectivity index (χ3v) is 5.47. The van der Waals surface area contributed by atoms with Crippen molar-refractivity contribution in [3.63, 3.8) is 0 Å². The van der Waals surface area contributed by atoms with Crippen LogP contribution in [0.3, 0.4) is 0 Å². The lowest BCUT2D eigenvalue weighted by molar-refractivity contribution is -0.0109. The highest BCUT2D eigenvalue weighted by Crippen LogP contribution is 2.33. The average Bonchev–Trinajstić information content (AvgIpc) is 3.19. The average molecular weight is 450 g/mol. The molecule has 8 nitrogen and oxygen atoms in total. The molecule has 0 saturated heterocycles. The van der Waals surface area contributed by atoms with Crippen molar-refractivity contribution in [3.8, 4) is 23.1 Å². The number of fused-ring (bicyclic) bond motifs is 1. The summed E-state index contributed by atoms with van der Waals surface area (Å²) < 4.78 is 7.83. The number of amides is 1. The molecule has 8 heteroatoms. The largest absolute Gasteiger partial charge is 0.490 e. The maximum Gasteiger partial charge on any atom is 0.408 e. The van der Waals surface area contributed by atoms with Crippen LogP contribution in [0.2, 0.25) is 0 Å². The predicted molar refractivity (Wildman–Crippen MR) is 126 cm³/mol. The van der Waals surface area contributed by atoms with Crippen molar-refractivity contribution in [1.82, 2.24) is 19.5 Å². The van der Waals surface area contributed by atoms with Gasteiger partial charge in [0, 0.05) is 23.4 Å². The van der Waals surface area contributed by atoms with Gasteiger partial charge in [-0.25, -0.2) is 14.3 Å².